The molecule has 0 bridgehead atoms. The van der Waals surface area contributed by atoms with Crippen LogP contribution in [0, 0.1) is 13.8 Å². The lowest BCUT2D eigenvalue weighted by atomic mass is 10.0. The van der Waals surface area contributed by atoms with Gasteiger partial charge in [-0.1, -0.05) is 35.9 Å². The van der Waals surface area contributed by atoms with E-state index < -0.39 is 0 Å². The number of hydrogen-bond acceptors (Lipinski definition) is 2. The molecule has 3 aromatic rings. The molecule has 0 saturated heterocycles. The van der Waals surface area contributed by atoms with Crippen molar-refractivity contribution in [2.45, 2.75) is 20.4 Å². The highest BCUT2D eigenvalue weighted by Gasteiger charge is 2.11. The molecule has 3 nitrogen and oxygen atoms in total. The zero-order chi connectivity index (χ0) is 17.3. The molecule has 3 rings (SSSR count). The van der Waals surface area contributed by atoms with Gasteiger partial charge in [0.05, 0.1) is 5.52 Å². The zero-order valence-corrected chi connectivity index (χ0v) is 14.8. The molecule has 0 aliphatic rings. The molecule has 0 fully saturated rings. The zero-order valence-electron chi connectivity index (χ0n) is 14.8. The van der Waals surface area contributed by atoms with Crippen molar-refractivity contribution in [3.05, 3.63) is 70.0 Å². The summed E-state index contributed by atoms with van der Waals surface area (Å²) in [6, 6.07) is 14.2. The number of aromatic nitrogens is 1. The summed E-state index contributed by atoms with van der Waals surface area (Å²) in [5.41, 5.74) is 5.23. The van der Waals surface area contributed by atoms with Gasteiger partial charge in [-0.15, -0.1) is 0 Å². The lowest BCUT2D eigenvalue weighted by Gasteiger charge is -2.17. The van der Waals surface area contributed by atoms with Gasteiger partial charge in [0.1, 0.15) is 0 Å². The van der Waals surface area contributed by atoms with Crippen LogP contribution in [-0.4, -0.2) is 30.1 Å². The topological polar surface area (TPSA) is 25.2 Å². The fourth-order valence-corrected chi connectivity index (χ4v) is 2.93. The molecule has 2 aromatic carbocycles. The van der Waals surface area contributed by atoms with Gasteiger partial charge < -0.3 is 9.47 Å². The van der Waals surface area contributed by atoms with Crippen molar-refractivity contribution in [2.75, 3.05) is 20.6 Å². The van der Waals surface area contributed by atoms with E-state index in [0.29, 0.717) is 0 Å². The van der Waals surface area contributed by atoms with Crippen LogP contribution in [-0.2, 0) is 6.54 Å². The first-order chi connectivity index (χ1) is 11.5. The smallest absolute Gasteiger partial charge is 0.197 e. The van der Waals surface area contributed by atoms with Crippen LogP contribution in [0.1, 0.15) is 11.1 Å². The highest BCUT2D eigenvalue weighted by Crippen LogP contribution is 2.21. The maximum atomic E-state index is 13.0. The lowest BCUT2D eigenvalue weighted by molar-refractivity contribution is 0.386. The van der Waals surface area contributed by atoms with Gasteiger partial charge in [0.25, 0.3) is 0 Å². The lowest BCUT2D eigenvalue weighted by Crippen LogP contribution is -2.20. The molecule has 0 aliphatic heterocycles. The van der Waals surface area contributed by atoms with Crippen LogP contribution in [0.5, 0.6) is 0 Å². The summed E-state index contributed by atoms with van der Waals surface area (Å²) in [6.07, 6.45) is 2.01. The van der Waals surface area contributed by atoms with E-state index in [4.69, 9.17) is 0 Å². The molecule has 24 heavy (non-hydrogen) atoms. The molecule has 0 aliphatic carbocycles. The van der Waals surface area contributed by atoms with E-state index in [-0.39, 0.29) is 5.43 Å². The average molecular weight is 320 g/mol. The number of nitrogens with zero attached hydrogens (tertiary/aromatic N) is 2. The molecule has 1 heterocycles. The second kappa shape index (κ2) is 6.62. The number of pyridine rings is 1. The Morgan fingerprint density at radius 2 is 1.62 bits per heavy atom. The Hall–Kier alpha value is -2.39. The number of likely N-dealkylation sites (N-methyl/N-ethyl adjacent to an activating group) is 1. The van der Waals surface area contributed by atoms with Crippen molar-refractivity contribution >= 4 is 10.9 Å². The third kappa shape index (κ3) is 3.26. The Bertz CT molecular complexity index is 921. The van der Waals surface area contributed by atoms with Crippen molar-refractivity contribution in [3.63, 3.8) is 0 Å². The van der Waals surface area contributed by atoms with Gasteiger partial charge in [-0.05, 0) is 51.2 Å². The van der Waals surface area contributed by atoms with Crippen LogP contribution in [0.25, 0.3) is 22.0 Å². The Balaban J connectivity index is 2.23. The van der Waals surface area contributed by atoms with E-state index in [2.05, 4.69) is 55.6 Å². The summed E-state index contributed by atoms with van der Waals surface area (Å²) in [5, 5.41) is 0.789. The molecule has 0 saturated carbocycles. The van der Waals surface area contributed by atoms with Crippen molar-refractivity contribution in [3.8, 4) is 11.1 Å². The summed E-state index contributed by atoms with van der Waals surface area (Å²) in [6.45, 7) is 5.90. The van der Waals surface area contributed by atoms with Crippen LogP contribution in [0.4, 0.5) is 0 Å². The van der Waals surface area contributed by atoms with Crippen LogP contribution in [0.3, 0.4) is 0 Å². The standard InChI is InChI=1S/C21H24N2O/c1-15-5-8-17(9-6-15)19-14-23(12-11-22(3)4)20-13-16(2)7-10-18(20)21(19)24/h5-10,13-14H,11-12H2,1-4H3. The van der Waals surface area contributed by atoms with Gasteiger partial charge in [-0.3, -0.25) is 4.79 Å². The van der Waals surface area contributed by atoms with E-state index in [1.807, 2.05) is 30.5 Å². The van der Waals surface area contributed by atoms with Crippen molar-refractivity contribution < 1.29 is 0 Å². The third-order valence-electron chi connectivity index (χ3n) is 4.39. The molecule has 0 atom stereocenters. The second-order valence-electron chi connectivity index (χ2n) is 6.76. The summed E-state index contributed by atoms with van der Waals surface area (Å²) < 4.78 is 2.21. The predicted molar refractivity (Wildman–Crippen MR) is 102 cm³/mol. The maximum Gasteiger partial charge on any atom is 0.197 e. The first-order valence-corrected chi connectivity index (χ1v) is 8.31. The van der Waals surface area contributed by atoms with E-state index in [9.17, 15) is 4.79 Å². The van der Waals surface area contributed by atoms with Crippen LogP contribution in [0.2, 0.25) is 0 Å². The fourth-order valence-electron chi connectivity index (χ4n) is 2.93. The van der Waals surface area contributed by atoms with Crippen LogP contribution in [0.15, 0.2) is 53.5 Å². The van der Waals surface area contributed by atoms with Crippen molar-refractivity contribution in [1.29, 1.82) is 0 Å². The minimum atomic E-state index is 0.106. The molecular formula is C21H24N2O. The molecule has 3 heteroatoms. The first kappa shape index (κ1) is 16.5. The summed E-state index contributed by atoms with van der Waals surface area (Å²) in [5.74, 6) is 0. The summed E-state index contributed by atoms with van der Waals surface area (Å²) in [4.78, 5) is 15.1. The predicted octanol–water partition coefficient (Wildman–Crippen LogP) is 3.85. The molecule has 0 N–H and O–H groups in total. The Morgan fingerprint density at radius 1 is 0.958 bits per heavy atom. The molecule has 0 spiro atoms. The van der Waals surface area contributed by atoms with Gasteiger partial charge >= 0.3 is 0 Å². The van der Waals surface area contributed by atoms with E-state index in [1.165, 1.54) is 11.1 Å². The quantitative estimate of drug-likeness (QED) is 0.729. The molecule has 124 valence electrons. The maximum absolute atomic E-state index is 13.0. The van der Waals surface area contributed by atoms with Gasteiger partial charge in [0.2, 0.25) is 0 Å². The van der Waals surface area contributed by atoms with Gasteiger partial charge in [0.15, 0.2) is 5.43 Å². The second-order valence-corrected chi connectivity index (χ2v) is 6.76. The fraction of sp³-hybridized carbons (Fsp3) is 0.286. The Morgan fingerprint density at radius 3 is 2.29 bits per heavy atom. The van der Waals surface area contributed by atoms with Crippen molar-refractivity contribution in [2.24, 2.45) is 0 Å². The first-order valence-electron chi connectivity index (χ1n) is 8.31. The highest BCUT2D eigenvalue weighted by atomic mass is 16.1. The van der Waals surface area contributed by atoms with Gasteiger partial charge in [-0.25, -0.2) is 0 Å². The number of fused-ring (bicyclic) bond motifs is 1. The summed E-state index contributed by atoms with van der Waals surface area (Å²) in [7, 11) is 4.13. The van der Waals surface area contributed by atoms with Crippen molar-refractivity contribution in [1.82, 2.24) is 9.47 Å². The molecule has 0 unspecified atom stereocenters. The Labute approximate surface area is 143 Å². The number of benzene rings is 2. The van der Waals surface area contributed by atoms with E-state index >= 15 is 0 Å². The number of aryl methyl sites for hydroxylation is 2. The van der Waals surface area contributed by atoms with Gasteiger partial charge in [-0.2, -0.15) is 0 Å². The van der Waals surface area contributed by atoms with Crippen LogP contribution < -0.4 is 5.43 Å². The molecular weight excluding hydrogens is 296 g/mol. The van der Waals surface area contributed by atoms with Crippen LogP contribution >= 0.6 is 0 Å². The monoisotopic (exact) mass is 320 g/mol. The van der Waals surface area contributed by atoms with E-state index in [0.717, 1.165) is 35.1 Å². The molecule has 0 radical (unpaired) electrons. The van der Waals surface area contributed by atoms with E-state index in [1.54, 1.807) is 0 Å². The number of rotatable bonds is 4. The minimum absolute atomic E-state index is 0.106. The Kier molecular flexibility index (Phi) is 4.54. The largest absolute Gasteiger partial charge is 0.345 e. The van der Waals surface area contributed by atoms with Gasteiger partial charge in [0, 0.05) is 30.2 Å². The normalized spacial score (nSPS) is 11.4. The third-order valence-corrected chi connectivity index (χ3v) is 4.39. The SMILES string of the molecule is Cc1ccc(-c2cn(CCN(C)C)c3cc(C)ccc3c2=O)cc1. The highest BCUT2D eigenvalue weighted by molar-refractivity contribution is 5.84. The average Bonchev–Trinajstić information content (AvgIpc) is 2.55. The minimum Gasteiger partial charge on any atom is -0.345 e. The molecule has 1 aromatic heterocycles. The molecule has 0 amide bonds. The number of hydrogen-bond donors (Lipinski definition) is 0. The summed E-state index contributed by atoms with van der Waals surface area (Å²) >= 11 is 0.